The smallest absolute Gasteiger partial charge is 0.129 e. The first-order valence-electron chi connectivity index (χ1n) is 10.6. The van der Waals surface area contributed by atoms with Crippen molar-refractivity contribution in [2.45, 2.75) is 44.1 Å². The zero-order chi connectivity index (χ0) is 19.0. The Morgan fingerprint density at radius 1 is 1.07 bits per heavy atom. The van der Waals surface area contributed by atoms with Crippen LogP contribution in [-0.4, -0.2) is 42.1 Å². The molecule has 144 valence electrons. The molecule has 2 aliphatic heterocycles. The van der Waals surface area contributed by atoms with Gasteiger partial charge in [-0.1, -0.05) is 30.3 Å². The fraction of sp³-hybridized carbons (Fsp3) is 0.500. The van der Waals surface area contributed by atoms with Gasteiger partial charge in [-0.3, -0.25) is 4.90 Å². The number of hydrogen-bond acceptors (Lipinski definition) is 4. The van der Waals surface area contributed by atoms with Crippen molar-refractivity contribution < 1.29 is 0 Å². The average molecular weight is 373 g/mol. The van der Waals surface area contributed by atoms with Crippen molar-refractivity contribution in [1.82, 2.24) is 9.88 Å². The summed E-state index contributed by atoms with van der Waals surface area (Å²) < 4.78 is 0. The lowest BCUT2D eigenvalue weighted by molar-refractivity contribution is 0.0460. The fourth-order valence-electron chi connectivity index (χ4n) is 5.33. The van der Waals surface area contributed by atoms with Crippen molar-refractivity contribution in [1.29, 1.82) is 5.26 Å². The molecule has 0 bridgehead atoms. The third-order valence-corrected chi connectivity index (χ3v) is 7.03. The van der Waals surface area contributed by atoms with Gasteiger partial charge in [0.1, 0.15) is 5.82 Å². The Balaban J connectivity index is 1.33. The van der Waals surface area contributed by atoms with Crippen LogP contribution in [0.15, 0.2) is 48.7 Å². The van der Waals surface area contributed by atoms with Gasteiger partial charge in [0.2, 0.25) is 0 Å². The van der Waals surface area contributed by atoms with Gasteiger partial charge >= 0.3 is 0 Å². The zero-order valence-corrected chi connectivity index (χ0v) is 16.4. The molecule has 1 saturated carbocycles. The molecule has 0 radical (unpaired) electrons. The van der Waals surface area contributed by atoms with Crippen LogP contribution in [0.25, 0.3) is 0 Å². The standard InChI is InChI=1S/C24H28N4/c25-16-19-8-11-26-23(14-19)27-12-9-24(10-13-27)15-21(20-4-2-1-3-5-20)17-28(18-24)22-6-7-22/h1-5,8,11,14,21-22H,6-7,9-10,12-13,15,17-18H2. The van der Waals surface area contributed by atoms with Gasteiger partial charge in [-0.05, 0) is 61.1 Å². The predicted octanol–water partition coefficient (Wildman–Crippen LogP) is 4.19. The minimum Gasteiger partial charge on any atom is -0.357 e. The first kappa shape index (κ1) is 17.7. The molecule has 0 N–H and O–H groups in total. The summed E-state index contributed by atoms with van der Waals surface area (Å²) in [5.41, 5.74) is 2.63. The number of nitrogens with zero attached hydrogens (tertiary/aromatic N) is 4. The van der Waals surface area contributed by atoms with Crippen LogP contribution in [-0.2, 0) is 0 Å². The van der Waals surface area contributed by atoms with Crippen molar-refractivity contribution >= 4 is 5.82 Å². The van der Waals surface area contributed by atoms with Gasteiger partial charge in [-0.25, -0.2) is 4.98 Å². The molecule has 2 saturated heterocycles. The molecule has 1 aromatic carbocycles. The van der Waals surface area contributed by atoms with Crippen LogP contribution in [0.3, 0.4) is 0 Å². The highest BCUT2D eigenvalue weighted by Gasteiger charge is 2.45. The Bertz CT molecular complexity index is 860. The van der Waals surface area contributed by atoms with Gasteiger partial charge in [-0.2, -0.15) is 5.26 Å². The quantitative estimate of drug-likeness (QED) is 0.810. The SMILES string of the molecule is N#Cc1ccnc(N2CCC3(CC2)CC(c2ccccc2)CN(C2CC2)C3)c1. The monoisotopic (exact) mass is 372 g/mol. The van der Waals surface area contributed by atoms with E-state index >= 15 is 0 Å². The van der Waals surface area contributed by atoms with Crippen LogP contribution in [0.4, 0.5) is 5.82 Å². The fourth-order valence-corrected chi connectivity index (χ4v) is 5.33. The maximum absolute atomic E-state index is 9.18. The molecule has 1 aliphatic carbocycles. The van der Waals surface area contributed by atoms with E-state index in [9.17, 15) is 5.26 Å². The van der Waals surface area contributed by atoms with Crippen molar-refractivity contribution in [2.75, 3.05) is 31.1 Å². The maximum Gasteiger partial charge on any atom is 0.129 e. The summed E-state index contributed by atoms with van der Waals surface area (Å²) in [5, 5.41) is 9.18. The summed E-state index contributed by atoms with van der Waals surface area (Å²) in [4.78, 5) is 9.70. The van der Waals surface area contributed by atoms with Gasteiger partial charge in [0.25, 0.3) is 0 Å². The van der Waals surface area contributed by atoms with E-state index in [-0.39, 0.29) is 0 Å². The lowest BCUT2D eigenvalue weighted by atomic mass is 9.68. The Hall–Kier alpha value is -2.38. The summed E-state index contributed by atoms with van der Waals surface area (Å²) >= 11 is 0. The summed E-state index contributed by atoms with van der Waals surface area (Å²) in [6, 6.07) is 17.9. The van der Waals surface area contributed by atoms with Gasteiger partial charge in [0.15, 0.2) is 0 Å². The molecule has 3 heterocycles. The number of aromatic nitrogens is 1. The van der Waals surface area contributed by atoms with Gasteiger partial charge < -0.3 is 4.90 Å². The Morgan fingerprint density at radius 3 is 2.57 bits per heavy atom. The summed E-state index contributed by atoms with van der Waals surface area (Å²) in [6.07, 6.45) is 8.28. The van der Waals surface area contributed by atoms with Crippen LogP contribution in [0, 0.1) is 16.7 Å². The van der Waals surface area contributed by atoms with Crippen LogP contribution in [0.2, 0.25) is 0 Å². The van der Waals surface area contributed by atoms with Crippen molar-refractivity contribution in [3.8, 4) is 6.07 Å². The Morgan fingerprint density at radius 2 is 1.86 bits per heavy atom. The minimum absolute atomic E-state index is 0.421. The molecule has 4 heteroatoms. The highest BCUT2D eigenvalue weighted by Crippen LogP contribution is 2.47. The molecule has 3 aliphatic rings. The van der Waals surface area contributed by atoms with Crippen LogP contribution in [0.1, 0.15) is 49.1 Å². The van der Waals surface area contributed by atoms with E-state index in [1.807, 2.05) is 6.07 Å². The number of anilines is 1. The largest absolute Gasteiger partial charge is 0.357 e. The van der Waals surface area contributed by atoms with E-state index in [1.54, 1.807) is 12.3 Å². The lowest BCUT2D eigenvalue weighted by Gasteiger charge is -2.51. The van der Waals surface area contributed by atoms with Gasteiger partial charge in [0, 0.05) is 38.4 Å². The molecule has 0 amide bonds. The number of likely N-dealkylation sites (tertiary alicyclic amines) is 1. The third kappa shape index (κ3) is 3.52. The van der Waals surface area contributed by atoms with Gasteiger partial charge in [-0.15, -0.1) is 0 Å². The molecule has 1 aromatic heterocycles. The molecule has 5 rings (SSSR count). The molecule has 1 spiro atoms. The molecular formula is C24H28N4. The molecule has 2 aromatic rings. The third-order valence-electron chi connectivity index (χ3n) is 7.03. The molecule has 4 nitrogen and oxygen atoms in total. The lowest BCUT2D eigenvalue weighted by Crippen LogP contribution is -2.52. The molecule has 3 fully saturated rings. The number of piperidine rings is 2. The Labute approximate surface area is 167 Å². The predicted molar refractivity (Wildman–Crippen MR) is 111 cm³/mol. The molecular weight excluding hydrogens is 344 g/mol. The first-order chi connectivity index (χ1) is 13.7. The summed E-state index contributed by atoms with van der Waals surface area (Å²) in [5.74, 6) is 1.62. The van der Waals surface area contributed by atoms with E-state index in [0.717, 1.165) is 24.9 Å². The van der Waals surface area contributed by atoms with Crippen molar-refractivity contribution in [2.24, 2.45) is 5.41 Å². The van der Waals surface area contributed by atoms with Crippen LogP contribution in [0.5, 0.6) is 0 Å². The van der Waals surface area contributed by atoms with E-state index in [0.29, 0.717) is 16.9 Å². The molecule has 1 atom stereocenters. The number of rotatable bonds is 3. The maximum atomic E-state index is 9.18. The number of pyridine rings is 1. The molecule has 28 heavy (non-hydrogen) atoms. The number of hydrogen-bond donors (Lipinski definition) is 0. The number of nitriles is 1. The normalized spacial score (nSPS) is 24.8. The van der Waals surface area contributed by atoms with Crippen LogP contribution >= 0.6 is 0 Å². The van der Waals surface area contributed by atoms with Gasteiger partial charge in [0.05, 0.1) is 11.6 Å². The van der Waals surface area contributed by atoms with E-state index in [4.69, 9.17) is 0 Å². The second kappa shape index (κ2) is 7.22. The van der Waals surface area contributed by atoms with E-state index in [1.165, 1.54) is 50.8 Å². The van der Waals surface area contributed by atoms with Crippen molar-refractivity contribution in [3.63, 3.8) is 0 Å². The topological polar surface area (TPSA) is 43.2 Å². The minimum atomic E-state index is 0.421. The average Bonchev–Trinajstić information content (AvgIpc) is 3.60. The highest BCUT2D eigenvalue weighted by molar-refractivity contribution is 5.45. The molecule has 1 unspecified atom stereocenters. The second-order valence-corrected chi connectivity index (χ2v) is 8.97. The van der Waals surface area contributed by atoms with E-state index in [2.05, 4.69) is 51.2 Å². The second-order valence-electron chi connectivity index (χ2n) is 8.97. The summed E-state index contributed by atoms with van der Waals surface area (Å²) in [7, 11) is 0. The Kier molecular flexibility index (Phi) is 4.56. The zero-order valence-electron chi connectivity index (χ0n) is 16.4. The van der Waals surface area contributed by atoms with Crippen molar-refractivity contribution in [3.05, 3.63) is 59.8 Å². The van der Waals surface area contributed by atoms with E-state index < -0.39 is 0 Å². The number of benzene rings is 1. The first-order valence-corrected chi connectivity index (χ1v) is 10.6. The van der Waals surface area contributed by atoms with Crippen LogP contribution < -0.4 is 4.90 Å². The summed E-state index contributed by atoms with van der Waals surface area (Å²) in [6.45, 7) is 4.58. The highest BCUT2D eigenvalue weighted by atomic mass is 15.2.